The summed E-state index contributed by atoms with van der Waals surface area (Å²) < 4.78 is 7.27. The molecule has 0 radical (unpaired) electrons. The Morgan fingerprint density at radius 2 is 1.88 bits per heavy atom. The van der Waals surface area contributed by atoms with E-state index in [0.29, 0.717) is 28.6 Å². The van der Waals surface area contributed by atoms with Gasteiger partial charge in [0.15, 0.2) is 6.61 Å². The van der Waals surface area contributed by atoms with Gasteiger partial charge in [-0.1, -0.05) is 41.9 Å². The van der Waals surface area contributed by atoms with Crippen LogP contribution in [-0.4, -0.2) is 40.1 Å². The SMILES string of the molecule is CN(Cc1cn(-c2ccccc2)nc1-c1ccc(Cl)cc1)C(=O)c1ccc2c(c1)OCC(=O)N2. The molecule has 0 bridgehead atoms. The molecule has 0 unspecified atom stereocenters. The summed E-state index contributed by atoms with van der Waals surface area (Å²) in [5.74, 6) is 0.101. The summed E-state index contributed by atoms with van der Waals surface area (Å²) >= 11 is 6.08. The molecule has 3 aromatic carbocycles. The smallest absolute Gasteiger partial charge is 0.262 e. The lowest BCUT2D eigenvalue weighted by Gasteiger charge is -2.21. The Hall–Kier alpha value is -4.10. The maximum atomic E-state index is 13.2. The lowest BCUT2D eigenvalue weighted by Crippen LogP contribution is -2.28. The molecule has 170 valence electrons. The number of carbonyl (C=O) groups is 2. The van der Waals surface area contributed by atoms with Gasteiger partial charge in [-0.05, 0) is 42.5 Å². The van der Waals surface area contributed by atoms with Crippen molar-refractivity contribution in [2.75, 3.05) is 19.0 Å². The second kappa shape index (κ2) is 9.03. The van der Waals surface area contributed by atoms with Crippen LogP contribution in [-0.2, 0) is 11.3 Å². The van der Waals surface area contributed by atoms with Crippen LogP contribution < -0.4 is 10.1 Å². The quantitative estimate of drug-likeness (QED) is 0.453. The van der Waals surface area contributed by atoms with E-state index in [0.717, 1.165) is 22.5 Å². The topological polar surface area (TPSA) is 76.5 Å². The lowest BCUT2D eigenvalue weighted by molar-refractivity contribution is -0.118. The van der Waals surface area contributed by atoms with Crippen molar-refractivity contribution in [1.82, 2.24) is 14.7 Å². The van der Waals surface area contributed by atoms with Crippen LogP contribution in [0.25, 0.3) is 16.9 Å². The molecule has 1 aromatic heterocycles. The van der Waals surface area contributed by atoms with Crippen molar-refractivity contribution < 1.29 is 14.3 Å². The summed E-state index contributed by atoms with van der Waals surface area (Å²) in [4.78, 5) is 26.3. The van der Waals surface area contributed by atoms with Crippen LogP contribution >= 0.6 is 11.6 Å². The van der Waals surface area contributed by atoms with Crippen molar-refractivity contribution in [3.8, 4) is 22.7 Å². The van der Waals surface area contributed by atoms with Crippen LogP contribution in [0.5, 0.6) is 5.75 Å². The molecule has 0 aliphatic carbocycles. The van der Waals surface area contributed by atoms with E-state index >= 15 is 0 Å². The average molecular weight is 473 g/mol. The first kappa shape index (κ1) is 21.7. The summed E-state index contributed by atoms with van der Waals surface area (Å²) in [6.45, 7) is 0.280. The summed E-state index contributed by atoms with van der Waals surface area (Å²) in [5, 5.41) is 8.18. The fourth-order valence-corrected chi connectivity index (χ4v) is 3.97. The van der Waals surface area contributed by atoms with Crippen molar-refractivity contribution in [2.45, 2.75) is 6.54 Å². The first-order chi connectivity index (χ1) is 16.5. The molecule has 0 saturated heterocycles. The number of nitrogens with zero attached hydrogens (tertiary/aromatic N) is 3. The number of amides is 2. The summed E-state index contributed by atoms with van der Waals surface area (Å²) in [7, 11) is 1.75. The fourth-order valence-electron chi connectivity index (χ4n) is 3.84. The number of carbonyl (C=O) groups excluding carboxylic acids is 2. The van der Waals surface area contributed by atoms with Gasteiger partial charge < -0.3 is 15.0 Å². The predicted octanol–water partition coefficient (Wildman–Crippen LogP) is 4.80. The number of halogens is 1. The third-order valence-corrected chi connectivity index (χ3v) is 5.80. The monoisotopic (exact) mass is 472 g/mol. The number of hydrogen-bond donors (Lipinski definition) is 1. The third-order valence-electron chi connectivity index (χ3n) is 5.54. The van der Waals surface area contributed by atoms with Gasteiger partial charge in [-0.2, -0.15) is 5.10 Å². The van der Waals surface area contributed by atoms with E-state index in [2.05, 4.69) is 5.32 Å². The number of para-hydroxylation sites is 1. The van der Waals surface area contributed by atoms with Crippen LogP contribution in [0.4, 0.5) is 5.69 Å². The zero-order valence-corrected chi connectivity index (χ0v) is 19.1. The first-order valence-electron chi connectivity index (χ1n) is 10.7. The van der Waals surface area contributed by atoms with Crippen LogP contribution in [0.3, 0.4) is 0 Å². The molecule has 2 amide bonds. The number of hydrogen-bond acceptors (Lipinski definition) is 4. The maximum absolute atomic E-state index is 13.2. The Balaban J connectivity index is 1.45. The Bertz CT molecular complexity index is 1370. The maximum Gasteiger partial charge on any atom is 0.262 e. The molecule has 8 heteroatoms. The molecule has 1 aliphatic heterocycles. The normalized spacial score (nSPS) is 12.5. The highest BCUT2D eigenvalue weighted by Gasteiger charge is 2.21. The Morgan fingerprint density at radius 3 is 2.65 bits per heavy atom. The second-order valence-electron chi connectivity index (χ2n) is 8.00. The predicted molar refractivity (Wildman–Crippen MR) is 130 cm³/mol. The molecule has 1 aliphatic rings. The van der Waals surface area contributed by atoms with Crippen molar-refractivity contribution in [2.24, 2.45) is 0 Å². The molecule has 7 nitrogen and oxygen atoms in total. The molecule has 4 aromatic rings. The molecule has 0 saturated carbocycles. The number of anilines is 1. The van der Waals surface area contributed by atoms with Crippen molar-refractivity contribution >= 4 is 29.1 Å². The van der Waals surface area contributed by atoms with E-state index in [1.54, 1.807) is 30.1 Å². The number of rotatable bonds is 5. The Labute approximate surface area is 201 Å². The number of aromatic nitrogens is 2. The number of nitrogens with one attached hydrogen (secondary N) is 1. The van der Waals surface area contributed by atoms with E-state index in [1.165, 1.54) is 0 Å². The van der Waals surface area contributed by atoms with Crippen molar-refractivity contribution in [1.29, 1.82) is 0 Å². The van der Waals surface area contributed by atoms with Gasteiger partial charge >= 0.3 is 0 Å². The lowest BCUT2D eigenvalue weighted by atomic mass is 10.1. The number of benzene rings is 3. The van der Waals surface area contributed by atoms with E-state index in [4.69, 9.17) is 21.4 Å². The van der Waals surface area contributed by atoms with Gasteiger partial charge in [0.2, 0.25) is 0 Å². The molecular formula is C26H21ClN4O3. The largest absolute Gasteiger partial charge is 0.482 e. The minimum atomic E-state index is -0.214. The fraction of sp³-hybridized carbons (Fsp3) is 0.115. The van der Waals surface area contributed by atoms with Gasteiger partial charge in [-0.3, -0.25) is 9.59 Å². The standard InChI is InChI=1S/C26H21ClN4O3/c1-30(26(33)18-9-12-22-23(13-18)34-16-24(32)28-22)14-19-15-31(21-5-3-2-4-6-21)29-25(19)17-7-10-20(27)11-8-17/h2-13,15H,14,16H2,1H3,(H,28,32). The van der Waals surface area contributed by atoms with Gasteiger partial charge in [0.05, 0.1) is 17.1 Å². The van der Waals surface area contributed by atoms with E-state index < -0.39 is 0 Å². The molecule has 2 heterocycles. The number of ether oxygens (including phenoxy) is 1. The summed E-state index contributed by atoms with van der Waals surface area (Å²) in [5.41, 5.74) is 4.53. The Morgan fingerprint density at radius 1 is 1.12 bits per heavy atom. The highest BCUT2D eigenvalue weighted by atomic mass is 35.5. The molecule has 1 N–H and O–H groups in total. The zero-order valence-electron chi connectivity index (χ0n) is 18.4. The Kier molecular flexibility index (Phi) is 5.77. The third kappa shape index (κ3) is 4.38. The van der Waals surface area contributed by atoms with Crippen LogP contribution in [0.2, 0.25) is 5.02 Å². The highest BCUT2D eigenvalue weighted by molar-refractivity contribution is 6.30. The molecule has 0 fully saturated rings. The van der Waals surface area contributed by atoms with Crippen LogP contribution in [0, 0.1) is 0 Å². The van der Waals surface area contributed by atoms with Crippen LogP contribution in [0.1, 0.15) is 15.9 Å². The van der Waals surface area contributed by atoms with Gasteiger partial charge in [0.25, 0.3) is 11.8 Å². The molecular weight excluding hydrogens is 452 g/mol. The van der Waals surface area contributed by atoms with E-state index in [9.17, 15) is 9.59 Å². The molecule has 34 heavy (non-hydrogen) atoms. The van der Waals surface area contributed by atoms with Crippen molar-refractivity contribution in [3.05, 3.63) is 95.1 Å². The van der Waals surface area contributed by atoms with E-state index in [1.807, 2.05) is 65.5 Å². The summed E-state index contributed by atoms with van der Waals surface area (Å²) in [6.07, 6.45) is 1.94. The summed E-state index contributed by atoms with van der Waals surface area (Å²) in [6, 6.07) is 22.3. The average Bonchev–Trinajstić information content (AvgIpc) is 3.28. The van der Waals surface area contributed by atoms with Gasteiger partial charge in [0.1, 0.15) is 5.75 Å². The first-order valence-corrected chi connectivity index (χ1v) is 11.1. The van der Waals surface area contributed by atoms with Gasteiger partial charge in [-0.25, -0.2) is 4.68 Å². The highest BCUT2D eigenvalue weighted by Crippen LogP contribution is 2.30. The zero-order chi connectivity index (χ0) is 23.7. The second-order valence-corrected chi connectivity index (χ2v) is 8.44. The van der Waals surface area contributed by atoms with Crippen molar-refractivity contribution in [3.63, 3.8) is 0 Å². The van der Waals surface area contributed by atoms with Crippen LogP contribution in [0.15, 0.2) is 79.0 Å². The van der Waals surface area contributed by atoms with E-state index in [-0.39, 0.29) is 18.4 Å². The van der Waals surface area contributed by atoms with Gasteiger partial charge in [0, 0.05) is 41.5 Å². The molecule has 5 rings (SSSR count). The number of fused-ring (bicyclic) bond motifs is 1. The minimum Gasteiger partial charge on any atom is -0.482 e. The minimum absolute atomic E-state index is 0.0659. The van der Waals surface area contributed by atoms with Gasteiger partial charge in [-0.15, -0.1) is 0 Å². The molecule has 0 spiro atoms. The molecule has 0 atom stereocenters.